The molecule has 1 aromatic heterocycles. The summed E-state index contributed by atoms with van der Waals surface area (Å²) in [4.78, 5) is 15.6. The van der Waals surface area contributed by atoms with Gasteiger partial charge < -0.3 is 14.4 Å². The van der Waals surface area contributed by atoms with E-state index < -0.39 is 10.0 Å². The molecule has 1 fully saturated rings. The highest BCUT2D eigenvalue weighted by atomic mass is 32.2. The molecule has 2 aromatic rings. The number of piperidine rings is 1. The topological polar surface area (TPSA) is 76.2 Å². The molecule has 2 aliphatic rings. The zero-order valence-corrected chi connectivity index (χ0v) is 18.7. The smallest absolute Gasteiger partial charge is 0.252 e. The number of hydrogen-bond acceptors (Lipinski definition) is 6. The highest BCUT2D eigenvalue weighted by molar-refractivity contribution is 7.91. The van der Waals surface area contributed by atoms with Crippen LogP contribution >= 0.6 is 11.3 Å². The Kier molecular flexibility index (Phi) is 6.04. The number of rotatable bonds is 5. The van der Waals surface area contributed by atoms with Crippen molar-refractivity contribution in [3.8, 4) is 11.5 Å². The van der Waals surface area contributed by atoms with Gasteiger partial charge in [0.1, 0.15) is 10.8 Å². The van der Waals surface area contributed by atoms with Crippen molar-refractivity contribution in [3.63, 3.8) is 0 Å². The van der Waals surface area contributed by atoms with E-state index in [1.54, 1.807) is 18.0 Å². The molecule has 0 saturated carbocycles. The molecule has 9 heteroatoms. The fraction of sp³-hybridized carbons (Fsp3) is 0.476. The third kappa shape index (κ3) is 4.33. The number of carbonyl (C=O) groups excluding carboxylic acids is 1. The molecule has 0 spiro atoms. The molecule has 2 atom stereocenters. The molecular weight excluding hydrogens is 424 g/mol. The van der Waals surface area contributed by atoms with Crippen LogP contribution < -0.4 is 9.47 Å². The van der Waals surface area contributed by atoms with Crippen LogP contribution in [0.2, 0.25) is 0 Å². The minimum absolute atomic E-state index is 0.0558. The van der Waals surface area contributed by atoms with Crippen LogP contribution in [0.3, 0.4) is 0 Å². The van der Waals surface area contributed by atoms with Crippen molar-refractivity contribution < 1.29 is 22.7 Å². The first-order chi connectivity index (χ1) is 14.3. The summed E-state index contributed by atoms with van der Waals surface area (Å²) in [7, 11) is -1.82. The lowest BCUT2D eigenvalue weighted by Gasteiger charge is -2.34. The Morgan fingerprint density at radius 3 is 2.73 bits per heavy atom. The number of benzene rings is 1. The highest BCUT2D eigenvalue weighted by Gasteiger charge is 2.35. The van der Waals surface area contributed by atoms with Crippen molar-refractivity contribution in [1.82, 2.24) is 9.21 Å². The van der Waals surface area contributed by atoms with E-state index in [2.05, 4.69) is 0 Å². The maximum atomic E-state index is 13.0. The number of ether oxygens (including phenoxy) is 2. The molecule has 0 unspecified atom stereocenters. The molecule has 0 aliphatic carbocycles. The Morgan fingerprint density at radius 2 is 2.00 bits per heavy atom. The number of fused-ring (bicyclic) bond motifs is 1. The lowest BCUT2D eigenvalue weighted by atomic mass is 9.98. The molecule has 1 aromatic carbocycles. The van der Waals surface area contributed by atoms with E-state index in [1.165, 1.54) is 15.6 Å². The standard InChI is InChI=1S/C21H26N2O5S2/c1-15-9-10-20(29-15)30(25,26)23-11-5-6-16(12-23)21(24)22(2)13-17-14-27-18-7-3-4-8-19(18)28-17/h3-4,7-10,16-17H,5-6,11-14H2,1-2H3/t16-,17+/m0/s1. The molecule has 0 radical (unpaired) electrons. The van der Waals surface area contributed by atoms with Crippen molar-refractivity contribution in [2.24, 2.45) is 5.92 Å². The molecule has 4 rings (SSSR count). The molecule has 7 nitrogen and oxygen atoms in total. The number of nitrogens with zero attached hydrogens (tertiary/aromatic N) is 2. The van der Waals surface area contributed by atoms with Crippen LogP contribution in [0.5, 0.6) is 11.5 Å². The Bertz CT molecular complexity index is 1020. The van der Waals surface area contributed by atoms with Gasteiger partial charge in [-0.15, -0.1) is 11.3 Å². The minimum atomic E-state index is -3.56. The van der Waals surface area contributed by atoms with Gasteiger partial charge >= 0.3 is 0 Å². The first-order valence-corrected chi connectivity index (χ1v) is 12.3. The van der Waals surface area contributed by atoms with Crippen molar-refractivity contribution in [1.29, 1.82) is 0 Å². The van der Waals surface area contributed by atoms with E-state index in [1.807, 2.05) is 37.3 Å². The number of sulfonamides is 1. The van der Waals surface area contributed by atoms with Crippen LogP contribution in [0.1, 0.15) is 17.7 Å². The summed E-state index contributed by atoms with van der Waals surface area (Å²) < 4.78 is 39.4. The first-order valence-electron chi connectivity index (χ1n) is 10.0. The van der Waals surface area contributed by atoms with Crippen LogP contribution in [0, 0.1) is 12.8 Å². The molecule has 1 saturated heterocycles. The molecule has 30 heavy (non-hydrogen) atoms. The van der Waals surface area contributed by atoms with Crippen LogP contribution in [-0.2, 0) is 14.8 Å². The number of likely N-dealkylation sites (N-methyl/N-ethyl adjacent to an activating group) is 1. The molecule has 162 valence electrons. The van der Waals surface area contributed by atoms with Gasteiger partial charge in [-0.05, 0) is 44.0 Å². The fourth-order valence-corrected chi connectivity index (χ4v) is 6.86. The lowest BCUT2D eigenvalue weighted by molar-refractivity contribution is -0.136. The predicted octanol–water partition coefficient (Wildman–Crippen LogP) is 2.76. The van der Waals surface area contributed by atoms with E-state index in [-0.39, 0.29) is 24.5 Å². The van der Waals surface area contributed by atoms with Crippen LogP contribution in [-0.4, -0.2) is 62.9 Å². The van der Waals surface area contributed by atoms with E-state index >= 15 is 0 Å². The van der Waals surface area contributed by atoms with Gasteiger partial charge in [-0.1, -0.05) is 12.1 Å². The summed E-state index contributed by atoms with van der Waals surface area (Å²) >= 11 is 1.27. The number of amides is 1. The molecule has 1 amide bonds. The largest absolute Gasteiger partial charge is 0.486 e. The van der Waals surface area contributed by atoms with Gasteiger partial charge in [0.25, 0.3) is 10.0 Å². The fourth-order valence-electron chi connectivity index (χ4n) is 3.90. The van der Waals surface area contributed by atoms with Gasteiger partial charge in [0.2, 0.25) is 5.91 Å². The van der Waals surface area contributed by atoms with Crippen LogP contribution in [0.25, 0.3) is 0 Å². The van der Waals surface area contributed by atoms with Crippen molar-refractivity contribution in [3.05, 3.63) is 41.3 Å². The van der Waals surface area contributed by atoms with Crippen LogP contribution in [0.4, 0.5) is 0 Å². The minimum Gasteiger partial charge on any atom is -0.486 e. The zero-order chi connectivity index (χ0) is 21.3. The van der Waals surface area contributed by atoms with E-state index in [0.717, 1.165) is 4.88 Å². The van der Waals surface area contributed by atoms with Crippen molar-refractivity contribution in [2.45, 2.75) is 30.1 Å². The second kappa shape index (κ2) is 8.56. The number of thiophene rings is 1. The third-order valence-electron chi connectivity index (χ3n) is 5.46. The van der Waals surface area contributed by atoms with Gasteiger partial charge in [0.15, 0.2) is 17.6 Å². The summed E-state index contributed by atoms with van der Waals surface area (Å²) in [5.41, 5.74) is 0. The van der Waals surface area contributed by atoms with Crippen LogP contribution in [0.15, 0.2) is 40.6 Å². The maximum Gasteiger partial charge on any atom is 0.252 e. The molecule has 2 aliphatic heterocycles. The molecular formula is C21H26N2O5S2. The van der Waals surface area contributed by atoms with E-state index in [9.17, 15) is 13.2 Å². The summed E-state index contributed by atoms with van der Waals surface area (Å²) in [5.74, 6) is 0.978. The third-order valence-corrected chi connectivity index (χ3v) is 8.80. The monoisotopic (exact) mass is 450 g/mol. The Hall–Kier alpha value is -2.10. The van der Waals surface area contributed by atoms with Gasteiger partial charge in [-0.2, -0.15) is 4.31 Å². The summed E-state index contributed by atoms with van der Waals surface area (Å²) in [6.07, 6.45) is 1.10. The normalized spacial score (nSPS) is 21.9. The first kappa shape index (κ1) is 21.1. The SMILES string of the molecule is Cc1ccc(S(=O)(=O)N2CCC[C@H](C(=O)N(C)C[C@@H]3COc4ccccc4O3)C2)s1. The van der Waals surface area contributed by atoms with E-state index in [0.29, 0.717) is 48.2 Å². The summed E-state index contributed by atoms with van der Waals surface area (Å²) in [6, 6.07) is 10.9. The average Bonchev–Trinajstić information content (AvgIpc) is 3.20. The summed E-state index contributed by atoms with van der Waals surface area (Å²) in [5, 5.41) is 0. The number of aryl methyl sites for hydroxylation is 1. The lowest BCUT2D eigenvalue weighted by Crippen LogP contribution is -2.48. The summed E-state index contributed by atoms with van der Waals surface area (Å²) in [6.45, 7) is 3.31. The Balaban J connectivity index is 1.38. The predicted molar refractivity (Wildman–Crippen MR) is 115 cm³/mol. The second-order valence-electron chi connectivity index (χ2n) is 7.78. The maximum absolute atomic E-state index is 13.0. The molecule has 0 N–H and O–H groups in total. The number of hydrogen-bond donors (Lipinski definition) is 0. The highest BCUT2D eigenvalue weighted by Crippen LogP contribution is 2.32. The van der Waals surface area contributed by atoms with Gasteiger partial charge in [-0.3, -0.25) is 4.79 Å². The Labute approximate surface area is 181 Å². The zero-order valence-electron chi connectivity index (χ0n) is 17.1. The number of para-hydroxylation sites is 2. The average molecular weight is 451 g/mol. The second-order valence-corrected chi connectivity index (χ2v) is 11.2. The Morgan fingerprint density at radius 1 is 1.23 bits per heavy atom. The van der Waals surface area contributed by atoms with Gasteiger partial charge in [0, 0.05) is 25.0 Å². The van der Waals surface area contributed by atoms with E-state index in [4.69, 9.17) is 9.47 Å². The van der Waals surface area contributed by atoms with Gasteiger partial charge in [-0.25, -0.2) is 8.42 Å². The molecule has 0 bridgehead atoms. The molecule has 3 heterocycles. The quantitative estimate of drug-likeness (QED) is 0.700. The van der Waals surface area contributed by atoms with Crippen molar-refractivity contribution in [2.75, 3.05) is 33.3 Å². The number of carbonyl (C=O) groups is 1. The van der Waals surface area contributed by atoms with Crippen molar-refractivity contribution >= 4 is 27.3 Å². The van der Waals surface area contributed by atoms with Gasteiger partial charge in [0.05, 0.1) is 12.5 Å².